The Bertz CT molecular complexity index is 474. The number of hydrogen-bond acceptors (Lipinski definition) is 2. The predicted molar refractivity (Wildman–Crippen MR) is 75.4 cm³/mol. The van der Waals surface area contributed by atoms with Crippen molar-refractivity contribution >= 4 is 29.2 Å². The van der Waals surface area contributed by atoms with Crippen LogP contribution in [0, 0.1) is 11.8 Å². The molecule has 0 aromatic heterocycles. The number of carbonyl (C=O) groups excluding carboxylic acids is 1. The zero-order valence-corrected chi connectivity index (χ0v) is 12.0. The van der Waals surface area contributed by atoms with Gasteiger partial charge in [0.15, 0.2) is 0 Å². The summed E-state index contributed by atoms with van der Waals surface area (Å²) >= 11 is 5.92. The summed E-state index contributed by atoms with van der Waals surface area (Å²) in [5.41, 5.74) is 0.624. The Morgan fingerprint density at radius 3 is 2.42 bits per heavy atom. The van der Waals surface area contributed by atoms with Crippen molar-refractivity contribution in [3.8, 4) is 0 Å². The first kappa shape index (κ1) is 15.5. The molecule has 0 fully saturated rings. The van der Waals surface area contributed by atoms with Gasteiger partial charge in [-0.05, 0) is 18.2 Å². The molecule has 0 heterocycles. The first-order chi connectivity index (χ1) is 8.82. The van der Waals surface area contributed by atoms with Crippen LogP contribution < -0.4 is 4.90 Å². The molecule has 0 aliphatic carbocycles. The van der Waals surface area contributed by atoms with Crippen LogP contribution in [0.15, 0.2) is 24.3 Å². The van der Waals surface area contributed by atoms with Gasteiger partial charge < -0.3 is 10.0 Å². The third-order valence-corrected chi connectivity index (χ3v) is 2.99. The van der Waals surface area contributed by atoms with Crippen LogP contribution in [-0.4, -0.2) is 23.5 Å². The van der Waals surface area contributed by atoms with Crippen molar-refractivity contribution in [3.63, 3.8) is 0 Å². The number of rotatable bonds is 5. The largest absolute Gasteiger partial charge is 0.481 e. The SMILES string of the molecule is CC(C)C(=O)N(CC(C)C(=O)O)c1cccc(Cl)c1. The van der Waals surface area contributed by atoms with E-state index in [2.05, 4.69) is 0 Å². The maximum Gasteiger partial charge on any atom is 0.308 e. The topological polar surface area (TPSA) is 57.6 Å². The molecular weight excluding hydrogens is 266 g/mol. The number of carboxylic acids is 1. The molecule has 1 aromatic rings. The number of carbonyl (C=O) groups is 2. The van der Waals surface area contributed by atoms with Gasteiger partial charge in [0.2, 0.25) is 5.91 Å². The highest BCUT2D eigenvalue weighted by Gasteiger charge is 2.23. The van der Waals surface area contributed by atoms with Crippen LogP contribution in [0.1, 0.15) is 20.8 Å². The second kappa shape index (κ2) is 6.57. The summed E-state index contributed by atoms with van der Waals surface area (Å²) in [5, 5.41) is 9.50. The minimum absolute atomic E-state index is 0.115. The van der Waals surface area contributed by atoms with Crippen LogP contribution in [0.2, 0.25) is 5.02 Å². The van der Waals surface area contributed by atoms with Gasteiger partial charge in [-0.1, -0.05) is 38.4 Å². The number of amides is 1. The number of nitrogens with zero attached hydrogens (tertiary/aromatic N) is 1. The lowest BCUT2D eigenvalue weighted by Crippen LogP contribution is -2.39. The Kier molecular flexibility index (Phi) is 5.36. The van der Waals surface area contributed by atoms with E-state index in [1.54, 1.807) is 45.0 Å². The zero-order chi connectivity index (χ0) is 14.6. The minimum Gasteiger partial charge on any atom is -0.481 e. The molecule has 1 N–H and O–H groups in total. The van der Waals surface area contributed by atoms with Crippen LogP contribution >= 0.6 is 11.6 Å². The zero-order valence-electron chi connectivity index (χ0n) is 11.3. The average molecular weight is 284 g/mol. The molecule has 1 unspecified atom stereocenters. The van der Waals surface area contributed by atoms with E-state index in [4.69, 9.17) is 16.7 Å². The van der Waals surface area contributed by atoms with Crippen LogP contribution in [-0.2, 0) is 9.59 Å². The van der Waals surface area contributed by atoms with Gasteiger partial charge in [0.25, 0.3) is 0 Å². The molecule has 0 radical (unpaired) electrons. The van der Waals surface area contributed by atoms with Crippen molar-refractivity contribution < 1.29 is 14.7 Å². The number of hydrogen-bond donors (Lipinski definition) is 1. The molecule has 19 heavy (non-hydrogen) atoms. The van der Waals surface area contributed by atoms with E-state index in [0.29, 0.717) is 10.7 Å². The van der Waals surface area contributed by atoms with Crippen molar-refractivity contribution in [1.82, 2.24) is 0 Å². The van der Waals surface area contributed by atoms with Gasteiger partial charge in [-0.3, -0.25) is 9.59 Å². The molecule has 1 aromatic carbocycles. The minimum atomic E-state index is -0.927. The van der Waals surface area contributed by atoms with Crippen LogP contribution in [0.25, 0.3) is 0 Å². The van der Waals surface area contributed by atoms with Gasteiger partial charge in [-0.15, -0.1) is 0 Å². The summed E-state index contributed by atoms with van der Waals surface area (Å²) in [6.45, 7) is 5.27. The third kappa shape index (κ3) is 4.24. The van der Waals surface area contributed by atoms with E-state index in [0.717, 1.165) is 0 Å². The van der Waals surface area contributed by atoms with Crippen molar-refractivity contribution in [3.05, 3.63) is 29.3 Å². The van der Waals surface area contributed by atoms with Gasteiger partial charge in [-0.25, -0.2) is 0 Å². The van der Waals surface area contributed by atoms with E-state index in [1.807, 2.05) is 0 Å². The molecule has 104 valence electrons. The molecule has 0 saturated carbocycles. The van der Waals surface area contributed by atoms with E-state index in [-0.39, 0.29) is 18.4 Å². The summed E-state index contributed by atoms with van der Waals surface area (Å²) in [5.74, 6) is -1.89. The summed E-state index contributed by atoms with van der Waals surface area (Å²) in [6.07, 6.45) is 0. The van der Waals surface area contributed by atoms with Crippen LogP contribution in [0.5, 0.6) is 0 Å². The smallest absolute Gasteiger partial charge is 0.308 e. The Morgan fingerprint density at radius 2 is 1.95 bits per heavy atom. The fourth-order valence-electron chi connectivity index (χ4n) is 1.63. The number of halogens is 1. The number of anilines is 1. The van der Waals surface area contributed by atoms with E-state index in [1.165, 1.54) is 4.90 Å². The molecule has 4 nitrogen and oxygen atoms in total. The van der Waals surface area contributed by atoms with Crippen molar-refractivity contribution in [1.29, 1.82) is 0 Å². The van der Waals surface area contributed by atoms with Crippen molar-refractivity contribution in [2.24, 2.45) is 11.8 Å². The molecule has 0 spiro atoms. The van der Waals surface area contributed by atoms with Crippen molar-refractivity contribution in [2.75, 3.05) is 11.4 Å². The predicted octanol–water partition coefficient (Wildman–Crippen LogP) is 3.05. The van der Waals surface area contributed by atoms with Crippen molar-refractivity contribution in [2.45, 2.75) is 20.8 Å². The van der Waals surface area contributed by atoms with Gasteiger partial charge in [0.1, 0.15) is 0 Å². The van der Waals surface area contributed by atoms with Gasteiger partial charge in [0.05, 0.1) is 5.92 Å². The number of carboxylic acid groups (broad SMARTS) is 1. The second-order valence-corrected chi connectivity index (χ2v) is 5.26. The molecule has 1 amide bonds. The molecule has 0 saturated heterocycles. The molecule has 1 atom stereocenters. The molecule has 0 bridgehead atoms. The Balaban J connectivity index is 3.05. The maximum absolute atomic E-state index is 12.2. The highest BCUT2D eigenvalue weighted by atomic mass is 35.5. The van der Waals surface area contributed by atoms with E-state index >= 15 is 0 Å². The lowest BCUT2D eigenvalue weighted by molar-refractivity contribution is -0.140. The number of aliphatic carboxylic acids is 1. The molecule has 0 aliphatic heterocycles. The van der Waals surface area contributed by atoms with Crippen LogP contribution in [0.4, 0.5) is 5.69 Å². The average Bonchev–Trinajstić information content (AvgIpc) is 2.34. The normalized spacial score (nSPS) is 12.3. The Labute approximate surface area is 118 Å². The highest BCUT2D eigenvalue weighted by Crippen LogP contribution is 2.22. The molecule has 1 rings (SSSR count). The third-order valence-electron chi connectivity index (χ3n) is 2.76. The second-order valence-electron chi connectivity index (χ2n) is 4.82. The standard InChI is InChI=1S/C14H18ClNO3/c1-9(2)13(17)16(8-10(3)14(18)19)12-6-4-5-11(15)7-12/h4-7,9-10H,8H2,1-3H3,(H,18,19). The summed E-state index contributed by atoms with van der Waals surface area (Å²) < 4.78 is 0. The molecule has 0 aliphatic rings. The maximum atomic E-state index is 12.2. The Morgan fingerprint density at radius 1 is 1.32 bits per heavy atom. The Hall–Kier alpha value is -1.55. The molecular formula is C14H18ClNO3. The van der Waals surface area contributed by atoms with Crippen LogP contribution in [0.3, 0.4) is 0 Å². The van der Waals surface area contributed by atoms with E-state index in [9.17, 15) is 9.59 Å². The quantitative estimate of drug-likeness (QED) is 0.903. The number of benzene rings is 1. The molecule has 5 heteroatoms. The highest BCUT2D eigenvalue weighted by molar-refractivity contribution is 6.30. The first-order valence-electron chi connectivity index (χ1n) is 6.12. The van der Waals surface area contributed by atoms with Gasteiger partial charge >= 0.3 is 5.97 Å². The van der Waals surface area contributed by atoms with E-state index < -0.39 is 11.9 Å². The summed E-state index contributed by atoms with van der Waals surface area (Å²) in [4.78, 5) is 24.6. The monoisotopic (exact) mass is 283 g/mol. The van der Waals surface area contributed by atoms with Gasteiger partial charge in [-0.2, -0.15) is 0 Å². The fourth-order valence-corrected chi connectivity index (χ4v) is 1.81. The lowest BCUT2D eigenvalue weighted by Gasteiger charge is -2.26. The van der Waals surface area contributed by atoms with Gasteiger partial charge in [0, 0.05) is 23.2 Å². The summed E-state index contributed by atoms with van der Waals surface area (Å²) in [6, 6.07) is 6.87. The first-order valence-corrected chi connectivity index (χ1v) is 6.50. The summed E-state index contributed by atoms with van der Waals surface area (Å²) in [7, 11) is 0. The fraction of sp³-hybridized carbons (Fsp3) is 0.429. The lowest BCUT2D eigenvalue weighted by atomic mass is 10.1.